The van der Waals surface area contributed by atoms with Gasteiger partial charge in [0.05, 0.1) is 20.3 Å². The topological polar surface area (TPSA) is 44.5 Å². The third-order valence-electron chi connectivity index (χ3n) is 3.44. The quantitative estimate of drug-likeness (QED) is 0.852. The van der Waals surface area contributed by atoms with Crippen molar-refractivity contribution in [1.82, 2.24) is 0 Å². The average Bonchev–Trinajstić information content (AvgIpc) is 2.77. The summed E-state index contributed by atoms with van der Waals surface area (Å²) < 4.78 is 11.0. The van der Waals surface area contributed by atoms with Crippen LogP contribution in [0.15, 0.2) is 24.3 Å². The summed E-state index contributed by atoms with van der Waals surface area (Å²) in [5.41, 5.74) is 7.22. The minimum atomic E-state index is -0.0952. The zero-order valence-corrected chi connectivity index (χ0v) is 10.4. The van der Waals surface area contributed by atoms with E-state index in [1.807, 2.05) is 24.3 Å². The van der Waals surface area contributed by atoms with Crippen LogP contribution in [-0.4, -0.2) is 19.3 Å². The largest absolute Gasteiger partial charge is 0.496 e. The summed E-state index contributed by atoms with van der Waals surface area (Å²) in [6.45, 7) is 1.22. The maximum Gasteiger partial charge on any atom is 0.124 e. The predicted octanol–water partition coefficient (Wildman–Crippen LogP) is 2.48. The predicted molar refractivity (Wildman–Crippen MR) is 68.0 cm³/mol. The van der Waals surface area contributed by atoms with Gasteiger partial charge in [0.25, 0.3) is 0 Å². The maximum absolute atomic E-state index is 6.24. The molecule has 1 aliphatic rings. The molecule has 1 aromatic carbocycles. The van der Waals surface area contributed by atoms with E-state index in [2.05, 4.69) is 0 Å². The molecule has 0 unspecified atom stereocenters. The molecule has 0 radical (unpaired) electrons. The molecule has 2 N–H and O–H groups in total. The fourth-order valence-corrected chi connectivity index (χ4v) is 2.41. The molecule has 0 heterocycles. The third kappa shape index (κ3) is 3.20. The van der Waals surface area contributed by atoms with Crippen molar-refractivity contribution in [1.29, 1.82) is 0 Å². The van der Waals surface area contributed by atoms with Gasteiger partial charge in [-0.25, -0.2) is 0 Å². The van der Waals surface area contributed by atoms with Crippen LogP contribution in [0.1, 0.15) is 31.2 Å². The molecule has 2 rings (SSSR count). The fraction of sp³-hybridized carbons (Fsp3) is 0.571. The van der Waals surface area contributed by atoms with E-state index < -0.39 is 0 Å². The molecule has 0 aromatic heterocycles. The first-order chi connectivity index (χ1) is 8.23. The second kappa shape index (κ2) is 5.52. The lowest BCUT2D eigenvalue weighted by Crippen LogP contribution is -2.41. The van der Waals surface area contributed by atoms with Crippen molar-refractivity contribution in [3.8, 4) is 5.75 Å². The highest BCUT2D eigenvalue weighted by molar-refractivity contribution is 5.32. The van der Waals surface area contributed by atoms with E-state index in [0.717, 1.165) is 24.2 Å². The molecule has 0 saturated heterocycles. The van der Waals surface area contributed by atoms with Crippen LogP contribution in [0.2, 0.25) is 0 Å². The van der Waals surface area contributed by atoms with Gasteiger partial charge in [-0.1, -0.05) is 31.0 Å². The number of rotatable bonds is 5. The van der Waals surface area contributed by atoms with Crippen LogP contribution < -0.4 is 10.5 Å². The number of ether oxygens (including phenoxy) is 2. The zero-order valence-electron chi connectivity index (χ0n) is 10.4. The standard InChI is InChI=1S/C14H21NO2/c1-16-13-7-3-2-6-12(13)10-17-11-14(15)8-4-5-9-14/h2-3,6-7H,4-5,8-11,15H2,1H3. The summed E-state index contributed by atoms with van der Waals surface area (Å²) in [6, 6.07) is 7.93. The number of hydrogen-bond acceptors (Lipinski definition) is 3. The lowest BCUT2D eigenvalue weighted by atomic mass is 10.0. The highest BCUT2D eigenvalue weighted by atomic mass is 16.5. The molecule has 1 saturated carbocycles. The highest BCUT2D eigenvalue weighted by Crippen LogP contribution is 2.28. The molecule has 3 nitrogen and oxygen atoms in total. The van der Waals surface area contributed by atoms with Gasteiger partial charge >= 0.3 is 0 Å². The van der Waals surface area contributed by atoms with Crippen molar-refractivity contribution in [2.45, 2.75) is 37.8 Å². The third-order valence-corrected chi connectivity index (χ3v) is 3.44. The van der Waals surface area contributed by atoms with E-state index in [0.29, 0.717) is 13.2 Å². The average molecular weight is 235 g/mol. The summed E-state index contributed by atoms with van der Waals surface area (Å²) in [5, 5.41) is 0. The van der Waals surface area contributed by atoms with Gasteiger partial charge in [0.15, 0.2) is 0 Å². The molecule has 0 spiro atoms. The Morgan fingerprint density at radius 2 is 1.94 bits per heavy atom. The van der Waals surface area contributed by atoms with E-state index in [9.17, 15) is 0 Å². The van der Waals surface area contributed by atoms with Crippen molar-refractivity contribution in [2.24, 2.45) is 5.73 Å². The van der Waals surface area contributed by atoms with Crippen molar-refractivity contribution < 1.29 is 9.47 Å². The Morgan fingerprint density at radius 3 is 2.65 bits per heavy atom. The van der Waals surface area contributed by atoms with Gasteiger partial charge in [-0.3, -0.25) is 0 Å². The molecule has 1 aromatic rings. The van der Waals surface area contributed by atoms with Crippen LogP contribution in [0.4, 0.5) is 0 Å². The molecule has 0 aliphatic heterocycles. The van der Waals surface area contributed by atoms with Crippen molar-refractivity contribution in [3.05, 3.63) is 29.8 Å². The monoisotopic (exact) mass is 235 g/mol. The molecule has 0 bridgehead atoms. The summed E-state index contributed by atoms with van der Waals surface area (Å²) in [4.78, 5) is 0. The Morgan fingerprint density at radius 1 is 1.24 bits per heavy atom. The van der Waals surface area contributed by atoms with E-state index in [-0.39, 0.29) is 5.54 Å². The summed E-state index contributed by atoms with van der Waals surface area (Å²) >= 11 is 0. The van der Waals surface area contributed by atoms with E-state index in [1.165, 1.54) is 12.8 Å². The first kappa shape index (κ1) is 12.4. The second-order valence-electron chi connectivity index (χ2n) is 4.87. The molecule has 1 fully saturated rings. The lowest BCUT2D eigenvalue weighted by molar-refractivity contribution is 0.0739. The molecule has 0 atom stereocenters. The lowest BCUT2D eigenvalue weighted by Gasteiger charge is -2.23. The zero-order chi connectivity index (χ0) is 12.1. The van der Waals surface area contributed by atoms with Gasteiger partial charge in [-0.15, -0.1) is 0 Å². The van der Waals surface area contributed by atoms with Crippen LogP contribution in [0.5, 0.6) is 5.75 Å². The SMILES string of the molecule is COc1ccccc1COCC1(N)CCCC1. The number of methoxy groups -OCH3 is 1. The molecular weight excluding hydrogens is 214 g/mol. The molecular formula is C14H21NO2. The van der Waals surface area contributed by atoms with E-state index >= 15 is 0 Å². The highest BCUT2D eigenvalue weighted by Gasteiger charge is 2.29. The van der Waals surface area contributed by atoms with Gasteiger partial charge in [0, 0.05) is 11.1 Å². The van der Waals surface area contributed by atoms with Crippen molar-refractivity contribution >= 4 is 0 Å². The van der Waals surface area contributed by atoms with Crippen LogP contribution in [0.25, 0.3) is 0 Å². The summed E-state index contributed by atoms with van der Waals surface area (Å²) in [6.07, 6.45) is 4.63. The Kier molecular flexibility index (Phi) is 4.02. The van der Waals surface area contributed by atoms with Gasteiger partial charge in [0.2, 0.25) is 0 Å². The molecule has 3 heteroatoms. The molecule has 1 aliphatic carbocycles. The van der Waals surface area contributed by atoms with E-state index in [4.69, 9.17) is 15.2 Å². The van der Waals surface area contributed by atoms with Gasteiger partial charge in [-0.2, -0.15) is 0 Å². The number of hydrogen-bond donors (Lipinski definition) is 1. The van der Waals surface area contributed by atoms with Crippen LogP contribution >= 0.6 is 0 Å². The minimum Gasteiger partial charge on any atom is -0.496 e. The maximum atomic E-state index is 6.24. The van der Waals surface area contributed by atoms with Crippen molar-refractivity contribution in [3.63, 3.8) is 0 Å². The summed E-state index contributed by atoms with van der Waals surface area (Å²) in [5.74, 6) is 0.880. The van der Waals surface area contributed by atoms with Crippen molar-refractivity contribution in [2.75, 3.05) is 13.7 Å². The van der Waals surface area contributed by atoms with Crippen LogP contribution in [0, 0.1) is 0 Å². The second-order valence-corrected chi connectivity index (χ2v) is 4.87. The summed E-state index contributed by atoms with van der Waals surface area (Å²) in [7, 11) is 1.68. The Bertz CT molecular complexity index is 359. The number of nitrogens with two attached hydrogens (primary N) is 1. The van der Waals surface area contributed by atoms with Gasteiger partial charge in [-0.05, 0) is 18.9 Å². The van der Waals surface area contributed by atoms with Gasteiger partial charge < -0.3 is 15.2 Å². The molecule has 17 heavy (non-hydrogen) atoms. The number of para-hydroxylation sites is 1. The normalized spacial score (nSPS) is 18.2. The Labute approximate surface area is 103 Å². The molecule has 0 amide bonds. The minimum absolute atomic E-state index is 0.0952. The van der Waals surface area contributed by atoms with Crippen LogP contribution in [0.3, 0.4) is 0 Å². The molecule has 94 valence electrons. The van der Waals surface area contributed by atoms with E-state index in [1.54, 1.807) is 7.11 Å². The Hall–Kier alpha value is -1.06. The first-order valence-corrected chi connectivity index (χ1v) is 6.22. The van der Waals surface area contributed by atoms with Gasteiger partial charge in [0.1, 0.15) is 5.75 Å². The fourth-order valence-electron chi connectivity index (χ4n) is 2.41. The van der Waals surface area contributed by atoms with Crippen LogP contribution in [-0.2, 0) is 11.3 Å². The number of benzene rings is 1. The smallest absolute Gasteiger partial charge is 0.124 e. The first-order valence-electron chi connectivity index (χ1n) is 6.22. The Balaban J connectivity index is 1.85.